The van der Waals surface area contributed by atoms with Crippen LogP contribution >= 0.6 is 0 Å². The van der Waals surface area contributed by atoms with Gasteiger partial charge in [-0.1, -0.05) is 6.07 Å². The lowest BCUT2D eigenvalue weighted by atomic mass is 10.1. The second-order valence-electron chi connectivity index (χ2n) is 5.01. The van der Waals surface area contributed by atoms with E-state index in [1.807, 2.05) is 24.4 Å². The maximum atomic E-state index is 4.33. The van der Waals surface area contributed by atoms with E-state index in [9.17, 15) is 0 Å². The van der Waals surface area contributed by atoms with Crippen molar-refractivity contribution in [1.82, 2.24) is 20.3 Å². The summed E-state index contributed by atoms with van der Waals surface area (Å²) < 4.78 is 0. The van der Waals surface area contributed by atoms with Crippen molar-refractivity contribution >= 4 is 5.95 Å². The quantitative estimate of drug-likeness (QED) is 0.914. The number of pyridine rings is 1. The van der Waals surface area contributed by atoms with Crippen LogP contribution in [-0.2, 0) is 6.54 Å². The third-order valence-electron chi connectivity index (χ3n) is 3.63. The highest BCUT2D eigenvalue weighted by Gasteiger charge is 2.20. The lowest BCUT2D eigenvalue weighted by Crippen LogP contribution is -2.42. The summed E-state index contributed by atoms with van der Waals surface area (Å²) >= 11 is 0. The summed E-state index contributed by atoms with van der Waals surface area (Å²) in [7, 11) is 0. The van der Waals surface area contributed by atoms with Gasteiger partial charge in [-0.2, -0.15) is 0 Å². The van der Waals surface area contributed by atoms with Gasteiger partial charge in [0.1, 0.15) is 0 Å². The molecular weight excluding hydrogens is 250 g/mol. The number of nitrogens with one attached hydrogen (secondary N) is 1. The maximum absolute atomic E-state index is 4.33. The first kappa shape index (κ1) is 13.0. The van der Waals surface area contributed by atoms with E-state index in [0.29, 0.717) is 6.04 Å². The number of anilines is 1. The van der Waals surface area contributed by atoms with Gasteiger partial charge in [-0.05, 0) is 31.0 Å². The standard InChI is InChI=1S/C15H19N5/c1-2-7-16-14(4-1)12-19-13-5-10-20(11-6-13)15-17-8-3-9-18-15/h1-4,7-9,13,19H,5-6,10-12H2. The molecule has 2 aromatic heterocycles. The van der Waals surface area contributed by atoms with Crippen LogP contribution in [0.1, 0.15) is 18.5 Å². The Hall–Kier alpha value is -2.01. The molecule has 0 amide bonds. The Morgan fingerprint density at radius 2 is 1.75 bits per heavy atom. The van der Waals surface area contributed by atoms with E-state index in [2.05, 4.69) is 31.2 Å². The van der Waals surface area contributed by atoms with E-state index in [1.165, 1.54) is 0 Å². The molecule has 0 atom stereocenters. The van der Waals surface area contributed by atoms with Gasteiger partial charge in [0.2, 0.25) is 5.95 Å². The zero-order chi connectivity index (χ0) is 13.6. The highest BCUT2D eigenvalue weighted by molar-refractivity contribution is 5.29. The summed E-state index contributed by atoms with van der Waals surface area (Å²) in [6.07, 6.45) is 7.67. The molecule has 3 rings (SSSR count). The Kier molecular flexibility index (Phi) is 4.18. The van der Waals surface area contributed by atoms with Gasteiger partial charge in [0, 0.05) is 44.3 Å². The number of aromatic nitrogens is 3. The predicted octanol–water partition coefficient (Wildman–Crippen LogP) is 1.63. The van der Waals surface area contributed by atoms with E-state index in [1.54, 1.807) is 12.4 Å². The zero-order valence-electron chi connectivity index (χ0n) is 11.4. The fourth-order valence-electron chi connectivity index (χ4n) is 2.49. The first-order chi connectivity index (χ1) is 9.92. The van der Waals surface area contributed by atoms with Crippen LogP contribution in [0.3, 0.4) is 0 Å². The molecule has 0 spiro atoms. The number of hydrogen-bond donors (Lipinski definition) is 1. The molecule has 0 saturated carbocycles. The van der Waals surface area contributed by atoms with Crippen molar-refractivity contribution in [2.45, 2.75) is 25.4 Å². The summed E-state index contributed by atoms with van der Waals surface area (Å²) in [5.74, 6) is 0.843. The monoisotopic (exact) mass is 269 g/mol. The molecule has 3 heterocycles. The van der Waals surface area contributed by atoms with Gasteiger partial charge in [0.05, 0.1) is 5.69 Å². The molecule has 0 unspecified atom stereocenters. The summed E-state index contributed by atoms with van der Waals surface area (Å²) in [4.78, 5) is 15.2. The van der Waals surface area contributed by atoms with Gasteiger partial charge in [0.15, 0.2) is 0 Å². The van der Waals surface area contributed by atoms with Crippen molar-refractivity contribution in [1.29, 1.82) is 0 Å². The van der Waals surface area contributed by atoms with Gasteiger partial charge < -0.3 is 10.2 Å². The normalized spacial score (nSPS) is 16.3. The van der Waals surface area contributed by atoms with E-state index >= 15 is 0 Å². The first-order valence-electron chi connectivity index (χ1n) is 7.07. The molecule has 2 aromatic rings. The van der Waals surface area contributed by atoms with Crippen molar-refractivity contribution in [3.05, 3.63) is 48.5 Å². The van der Waals surface area contributed by atoms with Crippen LogP contribution in [0.15, 0.2) is 42.9 Å². The third kappa shape index (κ3) is 3.30. The fourth-order valence-corrected chi connectivity index (χ4v) is 2.49. The molecule has 1 aliphatic rings. The Morgan fingerprint density at radius 1 is 1.00 bits per heavy atom. The molecule has 1 saturated heterocycles. The van der Waals surface area contributed by atoms with E-state index in [4.69, 9.17) is 0 Å². The average molecular weight is 269 g/mol. The molecule has 20 heavy (non-hydrogen) atoms. The largest absolute Gasteiger partial charge is 0.341 e. The van der Waals surface area contributed by atoms with Crippen LogP contribution in [0.25, 0.3) is 0 Å². The van der Waals surface area contributed by atoms with Gasteiger partial charge >= 0.3 is 0 Å². The van der Waals surface area contributed by atoms with Crippen LogP contribution < -0.4 is 10.2 Å². The summed E-state index contributed by atoms with van der Waals surface area (Å²) in [5, 5.41) is 3.58. The fraction of sp³-hybridized carbons (Fsp3) is 0.400. The average Bonchev–Trinajstić information content (AvgIpc) is 2.55. The Balaban J connectivity index is 1.47. The van der Waals surface area contributed by atoms with Crippen molar-refractivity contribution in [2.24, 2.45) is 0 Å². The number of hydrogen-bond acceptors (Lipinski definition) is 5. The van der Waals surface area contributed by atoms with Crippen molar-refractivity contribution in [2.75, 3.05) is 18.0 Å². The van der Waals surface area contributed by atoms with Crippen LogP contribution in [0, 0.1) is 0 Å². The van der Waals surface area contributed by atoms with Gasteiger partial charge in [-0.15, -0.1) is 0 Å². The highest BCUT2D eigenvalue weighted by atomic mass is 15.3. The molecule has 0 radical (unpaired) electrons. The number of rotatable bonds is 4. The lowest BCUT2D eigenvalue weighted by Gasteiger charge is -2.32. The predicted molar refractivity (Wildman–Crippen MR) is 78.3 cm³/mol. The van der Waals surface area contributed by atoms with Gasteiger partial charge in [-0.3, -0.25) is 4.98 Å². The number of nitrogens with zero attached hydrogens (tertiary/aromatic N) is 4. The Morgan fingerprint density at radius 3 is 2.45 bits per heavy atom. The molecule has 0 aliphatic carbocycles. The van der Waals surface area contributed by atoms with Gasteiger partial charge in [-0.25, -0.2) is 9.97 Å². The van der Waals surface area contributed by atoms with E-state index < -0.39 is 0 Å². The van der Waals surface area contributed by atoms with Gasteiger partial charge in [0.25, 0.3) is 0 Å². The molecule has 5 heteroatoms. The highest BCUT2D eigenvalue weighted by Crippen LogP contribution is 2.15. The minimum atomic E-state index is 0.553. The molecule has 5 nitrogen and oxygen atoms in total. The summed E-state index contributed by atoms with van der Waals surface area (Å²) in [6.45, 7) is 2.85. The summed E-state index contributed by atoms with van der Waals surface area (Å²) in [5.41, 5.74) is 1.10. The summed E-state index contributed by atoms with van der Waals surface area (Å²) in [6, 6.07) is 8.43. The zero-order valence-corrected chi connectivity index (χ0v) is 11.4. The second-order valence-corrected chi connectivity index (χ2v) is 5.01. The van der Waals surface area contributed by atoms with Crippen LogP contribution in [-0.4, -0.2) is 34.1 Å². The SMILES string of the molecule is c1ccc(CNC2CCN(c3ncccn3)CC2)nc1. The van der Waals surface area contributed by atoms with Crippen LogP contribution in [0.2, 0.25) is 0 Å². The molecule has 0 aromatic carbocycles. The van der Waals surface area contributed by atoms with Crippen molar-refractivity contribution < 1.29 is 0 Å². The lowest BCUT2D eigenvalue weighted by molar-refractivity contribution is 0.409. The molecule has 1 aliphatic heterocycles. The molecular formula is C15H19N5. The van der Waals surface area contributed by atoms with E-state index in [0.717, 1.165) is 44.1 Å². The first-order valence-corrected chi connectivity index (χ1v) is 7.07. The smallest absolute Gasteiger partial charge is 0.225 e. The molecule has 104 valence electrons. The Labute approximate surface area is 119 Å². The van der Waals surface area contributed by atoms with Crippen molar-refractivity contribution in [3.63, 3.8) is 0 Å². The molecule has 0 bridgehead atoms. The Bertz CT molecular complexity index is 508. The second kappa shape index (κ2) is 6.43. The van der Waals surface area contributed by atoms with Crippen LogP contribution in [0.5, 0.6) is 0 Å². The third-order valence-corrected chi connectivity index (χ3v) is 3.63. The minimum Gasteiger partial charge on any atom is -0.341 e. The molecule has 1 N–H and O–H groups in total. The molecule has 1 fully saturated rings. The number of piperidine rings is 1. The van der Waals surface area contributed by atoms with Crippen LogP contribution in [0.4, 0.5) is 5.95 Å². The maximum Gasteiger partial charge on any atom is 0.225 e. The van der Waals surface area contributed by atoms with E-state index in [-0.39, 0.29) is 0 Å². The minimum absolute atomic E-state index is 0.553. The van der Waals surface area contributed by atoms with Crippen molar-refractivity contribution in [3.8, 4) is 0 Å². The topological polar surface area (TPSA) is 53.9 Å².